The van der Waals surface area contributed by atoms with Crippen molar-refractivity contribution in [1.29, 1.82) is 0 Å². The number of likely N-dealkylation sites (tertiary alicyclic amines) is 1. The molecule has 2 rings (SSSR count). The highest BCUT2D eigenvalue weighted by molar-refractivity contribution is 7.89. The molecular formula is C14H24N4O2S. The molecule has 1 unspecified atom stereocenters. The maximum atomic E-state index is 12.3. The van der Waals surface area contributed by atoms with Crippen molar-refractivity contribution in [3.63, 3.8) is 0 Å². The second-order valence-corrected chi connectivity index (χ2v) is 7.57. The molecule has 21 heavy (non-hydrogen) atoms. The van der Waals surface area contributed by atoms with Crippen molar-refractivity contribution in [2.75, 3.05) is 20.1 Å². The van der Waals surface area contributed by atoms with Gasteiger partial charge in [-0.1, -0.05) is 19.9 Å². The summed E-state index contributed by atoms with van der Waals surface area (Å²) >= 11 is 0. The normalized spacial score (nSPS) is 20.3. The van der Waals surface area contributed by atoms with Gasteiger partial charge in [0, 0.05) is 31.4 Å². The Hall–Kier alpha value is -1.02. The summed E-state index contributed by atoms with van der Waals surface area (Å²) in [5.74, 6) is 0. The van der Waals surface area contributed by atoms with Crippen LogP contribution in [0.15, 0.2) is 23.4 Å². The third kappa shape index (κ3) is 4.74. The zero-order valence-electron chi connectivity index (χ0n) is 12.8. The summed E-state index contributed by atoms with van der Waals surface area (Å²) in [6, 6.07) is 3.73. The summed E-state index contributed by atoms with van der Waals surface area (Å²) in [6.45, 7) is 6.48. The SMILES string of the molecule is CC(C)NCc1ccc(S(=O)(=O)NC2CCN(C)C2)nc1. The van der Waals surface area contributed by atoms with Gasteiger partial charge in [0.15, 0.2) is 5.03 Å². The third-order valence-corrected chi connectivity index (χ3v) is 4.94. The third-order valence-electron chi connectivity index (χ3n) is 3.50. The van der Waals surface area contributed by atoms with Gasteiger partial charge in [0.1, 0.15) is 0 Å². The molecule has 2 N–H and O–H groups in total. The molecule has 0 spiro atoms. The Kier molecular flexibility index (Phi) is 5.32. The maximum absolute atomic E-state index is 12.3. The van der Waals surface area contributed by atoms with Crippen molar-refractivity contribution in [3.8, 4) is 0 Å². The maximum Gasteiger partial charge on any atom is 0.258 e. The van der Waals surface area contributed by atoms with Crippen LogP contribution in [0.2, 0.25) is 0 Å². The van der Waals surface area contributed by atoms with Crippen molar-refractivity contribution >= 4 is 10.0 Å². The lowest BCUT2D eigenvalue weighted by Gasteiger charge is -2.13. The largest absolute Gasteiger partial charge is 0.310 e. The Bertz CT molecular complexity index is 557. The Balaban J connectivity index is 1.99. The van der Waals surface area contributed by atoms with E-state index < -0.39 is 10.0 Å². The first-order valence-electron chi connectivity index (χ1n) is 7.26. The minimum absolute atomic E-state index is 0.0240. The van der Waals surface area contributed by atoms with Crippen LogP contribution in [0, 0.1) is 0 Å². The zero-order chi connectivity index (χ0) is 15.5. The molecule has 1 aliphatic heterocycles. The van der Waals surface area contributed by atoms with Crippen LogP contribution < -0.4 is 10.0 Å². The van der Waals surface area contributed by atoms with Crippen LogP contribution in [0.3, 0.4) is 0 Å². The van der Waals surface area contributed by atoms with E-state index in [1.165, 1.54) is 0 Å². The number of aromatic nitrogens is 1. The van der Waals surface area contributed by atoms with Gasteiger partial charge in [-0.05, 0) is 31.6 Å². The molecule has 1 saturated heterocycles. The Morgan fingerprint density at radius 2 is 2.19 bits per heavy atom. The summed E-state index contributed by atoms with van der Waals surface area (Å²) in [4.78, 5) is 6.20. The van der Waals surface area contributed by atoms with Gasteiger partial charge in [0.05, 0.1) is 0 Å². The molecule has 118 valence electrons. The van der Waals surface area contributed by atoms with Crippen molar-refractivity contribution in [1.82, 2.24) is 19.9 Å². The molecule has 1 aromatic rings. The van der Waals surface area contributed by atoms with E-state index in [1.807, 2.05) is 7.05 Å². The molecule has 7 heteroatoms. The van der Waals surface area contributed by atoms with Crippen LogP contribution in [0.5, 0.6) is 0 Å². The predicted molar refractivity (Wildman–Crippen MR) is 82.4 cm³/mol. The molecule has 0 aliphatic carbocycles. The molecule has 1 atom stereocenters. The first-order valence-corrected chi connectivity index (χ1v) is 8.74. The predicted octanol–water partition coefficient (Wildman–Crippen LogP) is 0.562. The lowest BCUT2D eigenvalue weighted by Crippen LogP contribution is -2.36. The standard InChI is InChI=1S/C14H24N4O2S/c1-11(2)15-8-12-4-5-14(16-9-12)21(19,20)17-13-6-7-18(3)10-13/h4-5,9,11,13,15,17H,6-8,10H2,1-3H3. The van der Waals surface area contributed by atoms with E-state index in [2.05, 4.69) is 33.8 Å². The minimum atomic E-state index is -3.52. The highest BCUT2D eigenvalue weighted by Gasteiger charge is 2.26. The van der Waals surface area contributed by atoms with Gasteiger partial charge < -0.3 is 10.2 Å². The molecule has 0 aromatic carbocycles. The van der Waals surface area contributed by atoms with Gasteiger partial charge in [-0.25, -0.2) is 18.1 Å². The van der Waals surface area contributed by atoms with E-state index in [1.54, 1.807) is 18.3 Å². The molecule has 1 aliphatic rings. The quantitative estimate of drug-likeness (QED) is 0.803. The summed E-state index contributed by atoms with van der Waals surface area (Å²) in [5, 5.41) is 3.36. The average Bonchev–Trinajstić information content (AvgIpc) is 2.81. The molecule has 1 fully saturated rings. The topological polar surface area (TPSA) is 74.3 Å². The van der Waals surface area contributed by atoms with E-state index in [4.69, 9.17) is 0 Å². The molecule has 1 aromatic heterocycles. The highest BCUT2D eigenvalue weighted by atomic mass is 32.2. The number of nitrogens with zero attached hydrogens (tertiary/aromatic N) is 2. The van der Waals surface area contributed by atoms with E-state index in [-0.39, 0.29) is 11.1 Å². The van der Waals surface area contributed by atoms with Gasteiger partial charge in [-0.3, -0.25) is 0 Å². The fraction of sp³-hybridized carbons (Fsp3) is 0.643. The van der Waals surface area contributed by atoms with Crippen molar-refractivity contribution in [2.24, 2.45) is 0 Å². The Labute approximate surface area is 127 Å². The molecular weight excluding hydrogens is 288 g/mol. The van der Waals surface area contributed by atoms with E-state index in [9.17, 15) is 8.42 Å². The van der Waals surface area contributed by atoms with Gasteiger partial charge in [0.2, 0.25) is 0 Å². The minimum Gasteiger partial charge on any atom is -0.310 e. The lowest BCUT2D eigenvalue weighted by molar-refractivity contribution is 0.407. The van der Waals surface area contributed by atoms with E-state index in [0.717, 1.165) is 25.1 Å². The first kappa shape index (κ1) is 16.4. The van der Waals surface area contributed by atoms with Crippen LogP contribution in [0.1, 0.15) is 25.8 Å². The van der Waals surface area contributed by atoms with Crippen LogP contribution in [-0.4, -0.2) is 50.5 Å². The fourth-order valence-electron chi connectivity index (χ4n) is 2.31. The second kappa shape index (κ2) is 6.83. The summed E-state index contributed by atoms with van der Waals surface area (Å²) in [5.41, 5.74) is 0.975. The second-order valence-electron chi connectivity index (χ2n) is 5.91. The van der Waals surface area contributed by atoms with Crippen LogP contribution in [0.4, 0.5) is 0 Å². The van der Waals surface area contributed by atoms with Crippen LogP contribution in [0.25, 0.3) is 0 Å². The van der Waals surface area contributed by atoms with Gasteiger partial charge >= 0.3 is 0 Å². The summed E-state index contributed by atoms with van der Waals surface area (Å²) in [7, 11) is -1.53. The number of nitrogens with one attached hydrogen (secondary N) is 2. The van der Waals surface area contributed by atoms with Crippen molar-refractivity contribution in [2.45, 2.75) is 43.9 Å². The van der Waals surface area contributed by atoms with Crippen molar-refractivity contribution < 1.29 is 8.42 Å². The summed E-state index contributed by atoms with van der Waals surface area (Å²) in [6.07, 6.45) is 2.46. The number of hydrogen-bond donors (Lipinski definition) is 2. The van der Waals surface area contributed by atoms with Gasteiger partial charge in [0.25, 0.3) is 10.0 Å². The molecule has 6 nitrogen and oxygen atoms in total. The molecule has 2 heterocycles. The highest BCUT2D eigenvalue weighted by Crippen LogP contribution is 2.12. The number of pyridine rings is 1. The zero-order valence-corrected chi connectivity index (χ0v) is 13.7. The molecule has 0 bridgehead atoms. The average molecular weight is 312 g/mol. The number of hydrogen-bond acceptors (Lipinski definition) is 5. The van der Waals surface area contributed by atoms with Crippen molar-refractivity contribution in [3.05, 3.63) is 23.9 Å². The van der Waals surface area contributed by atoms with E-state index >= 15 is 0 Å². The van der Waals surface area contributed by atoms with Crippen LogP contribution in [-0.2, 0) is 16.6 Å². The van der Waals surface area contributed by atoms with E-state index in [0.29, 0.717) is 12.6 Å². The smallest absolute Gasteiger partial charge is 0.258 e. The Morgan fingerprint density at radius 1 is 1.43 bits per heavy atom. The lowest BCUT2D eigenvalue weighted by atomic mass is 10.2. The molecule has 0 radical (unpaired) electrons. The van der Waals surface area contributed by atoms with Gasteiger partial charge in [-0.2, -0.15) is 0 Å². The monoisotopic (exact) mass is 312 g/mol. The molecule has 0 amide bonds. The van der Waals surface area contributed by atoms with Gasteiger partial charge in [-0.15, -0.1) is 0 Å². The number of sulfonamides is 1. The Morgan fingerprint density at radius 3 is 2.71 bits per heavy atom. The molecule has 0 saturated carbocycles. The number of likely N-dealkylation sites (N-methyl/N-ethyl adjacent to an activating group) is 1. The number of rotatable bonds is 6. The first-order chi connectivity index (χ1) is 9.87. The summed E-state index contributed by atoms with van der Waals surface area (Å²) < 4.78 is 27.3. The fourth-order valence-corrected chi connectivity index (χ4v) is 3.50. The van der Waals surface area contributed by atoms with Crippen LogP contribution >= 0.6 is 0 Å².